The zero-order valence-corrected chi connectivity index (χ0v) is 8.36. The predicted octanol–water partition coefficient (Wildman–Crippen LogP) is 2.72. The molecular formula is C10H20FN. The Morgan fingerprint density at radius 3 is 2.58 bits per heavy atom. The molecule has 0 spiro atoms. The summed E-state index contributed by atoms with van der Waals surface area (Å²) in [7, 11) is 0. The van der Waals surface area contributed by atoms with E-state index in [0.717, 1.165) is 19.4 Å². The Morgan fingerprint density at radius 2 is 2.08 bits per heavy atom. The van der Waals surface area contributed by atoms with Gasteiger partial charge in [-0.25, -0.2) is 4.39 Å². The minimum atomic E-state index is -0.758. The van der Waals surface area contributed by atoms with E-state index >= 15 is 0 Å². The highest BCUT2D eigenvalue weighted by atomic mass is 19.1. The minimum Gasteiger partial charge on any atom is -0.288 e. The summed E-state index contributed by atoms with van der Waals surface area (Å²) in [5.74, 6) is 0.584. The molecule has 1 aliphatic heterocycles. The van der Waals surface area contributed by atoms with Crippen molar-refractivity contribution in [3.63, 3.8) is 0 Å². The van der Waals surface area contributed by atoms with E-state index in [1.54, 1.807) is 0 Å². The zero-order chi connectivity index (χ0) is 9.19. The SMILES string of the molecule is CC(C)(C)CC1CCNC(F)C1. The third kappa shape index (κ3) is 3.53. The largest absolute Gasteiger partial charge is 0.288 e. The minimum absolute atomic E-state index is 0.349. The van der Waals surface area contributed by atoms with Gasteiger partial charge in [-0.3, -0.25) is 5.32 Å². The lowest BCUT2D eigenvalue weighted by Gasteiger charge is -2.30. The number of hydrogen-bond donors (Lipinski definition) is 1. The van der Waals surface area contributed by atoms with Crippen LogP contribution in [-0.4, -0.2) is 12.8 Å². The van der Waals surface area contributed by atoms with Gasteiger partial charge in [0.1, 0.15) is 0 Å². The van der Waals surface area contributed by atoms with Crippen molar-refractivity contribution in [3.8, 4) is 0 Å². The molecule has 0 bridgehead atoms. The molecule has 0 aromatic heterocycles. The summed E-state index contributed by atoms with van der Waals surface area (Å²) in [6, 6.07) is 0. The van der Waals surface area contributed by atoms with Gasteiger partial charge in [0.25, 0.3) is 0 Å². The Morgan fingerprint density at radius 1 is 1.42 bits per heavy atom. The van der Waals surface area contributed by atoms with E-state index in [0.29, 0.717) is 17.8 Å². The van der Waals surface area contributed by atoms with Crippen molar-refractivity contribution in [1.82, 2.24) is 5.32 Å². The summed E-state index contributed by atoms with van der Waals surface area (Å²) in [5.41, 5.74) is 0.349. The van der Waals surface area contributed by atoms with E-state index in [4.69, 9.17) is 0 Å². The lowest BCUT2D eigenvalue weighted by molar-refractivity contribution is 0.145. The van der Waals surface area contributed by atoms with Crippen molar-refractivity contribution >= 4 is 0 Å². The molecule has 72 valence electrons. The molecule has 1 fully saturated rings. The van der Waals surface area contributed by atoms with E-state index in [9.17, 15) is 4.39 Å². The molecule has 1 N–H and O–H groups in total. The number of piperidine rings is 1. The van der Waals surface area contributed by atoms with Crippen molar-refractivity contribution in [3.05, 3.63) is 0 Å². The fraction of sp³-hybridized carbons (Fsp3) is 1.00. The van der Waals surface area contributed by atoms with Gasteiger partial charge in [-0.05, 0) is 37.1 Å². The van der Waals surface area contributed by atoms with E-state index in [1.165, 1.54) is 0 Å². The number of hydrogen-bond acceptors (Lipinski definition) is 1. The van der Waals surface area contributed by atoms with Gasteiger partial charge in [-0.2, -0.15) is 0 Å². The van der Waals surface area contributed by atoms with Crippen LogP contribution in [0.25, 0.3) is 0 Å². The van der Waals surface area contributed by atoms with Crippen LogP contribution in [0.1, 0.15) is 40.0 Å². The molecule has 0 aromatic carbocycles. The van der Waals surface area contributed by atoms with Crippen LogP contribution in [0.2, 0.25) is 0 Å². The maximum absolute atomic E-state index is 12.9. The maximum atomic E-state index is 12.9. The van der Waals surface area contributed by atoms with Crippen molar-refractivity contribution in [2.24, 2.45) is 11.3 Å². The van der Waals surface area contributed by atoms with Gasteiger partial charge in [-0.15, -0.1) is 0 Å². The molecule has 0 amide bonds. The molecule has 1 aliphatic rings. The topological polar surface area (TPSA) is 12.0 Å². The molecule has 0 radical (unpaired) electrons. The highest BCUT2D eigenvalue weighted by molar-refractivity contribution is 4.76. The summed E-state index contributed by atoms with van der Waals surface area (Å²) < 4.78 is 12.9. The van der Waals surface area contributed by atoms with Crippen LogP contribution in [0.5, 0.6) is 0 Å². The lowest BCUT2D eigenvalue weighted by atomic mass is 9.80. The Hall–Kier alpha value is -0.110. The first kappa shape index (κ1) is 9.97. The van der Waals surface area contributed by atoms with Gasteiger partial charge in [0.15, 0.2) is 6.30 Å². The number of nitrogens with one attached hydrogen (secondary N) is 1. The smallest absolute Gasteiger partial charge is 0.151 e. The average molecular weight is 173 g/mol. The van der Waals surface area contributed by atoms with E-state index < -0.39 is 6.30 Å². The van der Waals surface area contributed by atoms with E-state index in [-0.39, 0.29) is 0 Å². The second-order valence-corrected chi connectivity index (χ2v) is 5.08. The van der Waals surface area contributed by atoms with Crippen molar-refractivity contribution in [2.45, 2.75) is 46.3 Å². The standard InChI is InChI=1S/C10H20FN/c1-10(2,3)7-8-4-5-12-9(11)6-8/h8-9,12H,4-7H2,1-3H3. The third-order valence-electron chi connectivity index (χ3n) is 2.36. The van der Waals surface area contributed by atoms with Crippen molar-refractivity contribution in [2.75, 3.05) is 6.54 Å². The molecule has 0 aromatic rings. The van der Waals surface area contributed by atoms with Crippen molar-refractivity contribution in [1.29, 1.82) is 0 Å². The lowest BCUT2D eigenvalue weighted by Crippen LogP contribution is -2.36. The Bertz CT molecular complexity index is 139. The van der Waals surface area contributed by atoms with Gasteiger partial charge in [-0.1, -0.05) is 20.8 Å². The molecule has 2 unspecified atom stereocenters. The highest BCUT2D eigenvalue weighted by Gasteiger charge is 2.24. The third-order valence-corrected chi connectivity index (χ3v) is 2.36. The number of halogens is 1. The van der Waals surface area contributed by atoms with Gasteiger partial charge >= 0.3 is 0 Å². The summed E-state index contributed by atoms with van der Waals surface area (Å²) in [6.07, 6.45) is 2.23. The van der Waals surface area contributed by atoms with Crippen LogP contribution in [0, 0.1) is 11.3 Å². The van der Waals surface area contributed by atoms with Gasteiger partial charge in [0.05, 0.1) is 0 Å². The molecule has 1 saturated heterocycles. The normalized spacial score (nSPS) is 32.0. The van der Waals surface area contributed by atoms with Crippen LogP contribution in [0.3, 0.4) is 0 Å². The summed E-state index contributed by atoms with van der Waals surface area (Å²) in [4.78, 5) is 0. The van der Waals surface area contributed by atoms with E-state index in [1.807, 2.05) is 0 Å². The van der Waals surface area contributed by atoms with Crippen LogP contribution >= 0.6 is 0 Å². The Labute approximate surface area is 74.7 Å². The number of rotatable bonds is 1. The zero-order valence-electron chi connectivity index (χ0n) is 8.36. The first-order valence-corrected chi connectivity index (χ1v) is 4.85. The predicted molar refractivity (Wildman–Crippen MR) is 49.7 cm³/mol. The fourth-order valence-corrected chi connectivity index (χ4v) is 1.99. The first-order valence-electron chi connectivity index (χ1n) is 4.85. The summed E-state index contributed by atoms with van der Waals surface area (Å²) in [6.45, 7) is 7.52. The molecule has 0 aliphatic carbocycles. The molecule has 2 heteroatoms. The Balaban J connectivity index is 2.32. The molecule has 1 nitrogen and oxygen atoms in total. The molecule has 1 rings (SSSR count). The quantitative estimate of drug-likeness (QED) is 0.601. The second kappa shape index (κ2) is 3.73. The first-order chi connectivity index (χ1) is 5.47. The summed E-state index contributed by atoms with van der Waals surface area (Å²) >= 11 is 0. The van der Waals surface area contributed by atoms with Crippen LogP contribution in [0.4, 0.5) is 4.39 Å². The molecule has 2 atom stereocenters. The average Bonchev–Trinajstić information content (AvgIpc) is 1.82. The van der Waals surface area contributed by atoms with Gasteiger partial charge in [0, 0.05) is 0 Å². The molecular weight excluding hydrogens is 153 g/mol. The monoisotopic (exact) mass is 173 g/mol. The summed E-state index contributed by atoms with van der Waals surface area (Å²) in [5, 5.41) is 2.83. The number of alkyl halides is 1. The molecule has 12 heavy (non-hydrogen) atoms. The second-order valence-electron chi connectivity index (χ2n) is 5.08. The van der Waals surface area contributed by atoms with Gasteiger partial charge < -0.3 is 0 Å². The van der Waals surface area contributed by atoms with Crippen LogP contribution in [0.15, 0.2) is 0 Å². The molecule has 0 saturated carbocycles. The fourth-order valence-electron chi connectivity index (χ4n) is 1.99. The van der Waals surface area contributed by atoms with Crippen LogP contribution < -0.4 is 5.32 Å². The van der Waals surface area contributed by atoms with Crippen LogP contribution in [-0.2, 0) is 0 Å². The van der Waals surface area contributed by atoms with E-state index in [2.05, 4.69) is 26.1 Å². The van der Waals surface area contributed by atoms with Gasteiger partial charge in [0.2, 0.25) is 0 Å². The highest BCUT2D eigenvalue weighted by Crippen LogP contribution is 2.30. The maximum Gasteiger partial charge on any atom is 0.151 e. The van der Waals surface area contributed by atoms with Crippen molar-refractivity contribution < 1.29 is 4.39 Å². The molecule has 1 heterocycles. The Kier molecular flexibility index (Phi) is 3.10.